The van der Waals surface area contributed by atoms with Crippen molar-refractivity contribution in [2.24, 2.45) is 10.8 Å². The highest BCUT2D eigenvalue weighted by atomic mass is 35.5. The Morgan fingerprint density at radius 3 is 2.26 bits per heavy atom. The fraction of sp³-hybridized carbons (Fsp3) is 0.303. The molecule has 3 aromatic carbocycles. The Labute approximate surface area is 233 Å². The third-order valence-corrected chi connectivity index (χ3v) is 8.56. The van der Waals surface area contributed by atoms with Crippen LogP contribution in [0.25, 0.3) is 6.08 Å². The number of ether oxygens (including phenoxy) is 1. The van der Waals surface area contributed by atoms with Crippen LogP contribution in [0, 0.1) is 10.8 Å². The molecule has 3 atom stereocenters. The highest BCUT2D eigenvalue weighted by Crippen LogP contribution is 2.62. The molecule has 1 saturated heterocycles. The number of carbonyl (C=O) groups excluding carboxylic acids is 3. The molecule has 39 heavy (non-hydrogen) atoms. The molecule has 6 heteroatoms. The Kier molecular flexibility index (Phi) is 5.85. The molecular weight excluding hydrogens is 510 g/mol. The molecule has 1 aliphatic carbocycles. The standard InChI is InChI=1S/C33H30ClNO4/c1-5-39-25-13-9-8-12-23(25)27-28(31(38)32(2,3)4)35-24-16-15-20(34)18-19(24)14-17-26(35)33(27)29(36)21-10-6-7-11-22(21)30(33)37/h6-18,26-28H,5H2,1-4H3/t26-,27+,28-/m1/s1. The number of rotatable bonds is 4. The lowest BCUT2D eigenvalue weighted by Crippen LogP contribution is -2.49. The van der Waals surface area contributed by atoms with E-state index in [0.29, 0.717) is 34.1 Å². The van der Waals surface area contributed by atoms with Gasteiger partial charge in [-0.2, -0.15) is 0 Å². The fourth-order valence-electron chi connectivity index (χ4n) is 6.76. The van der Waals surface area contributed by atoms with Crippen molar-refractivity contribution in [1.82, 2.24) is 0 Å². The van der Waals surface area contributed by atoms with E-state index in [9.17, 15) is 14.4 Å². The second kappa shape index (κ2) is 8.92. The lowest BCUT2D eigenvalue weighted by Gasteiger charge is -2.38. The third-order valence-electron chi connectivity index (χ3n) is 8.33. The van der Waals surface area contributed by atoms with E-state index >= 15 is 0 Å². The number of hydrogen-bond acceptors (Lipinski definition) is 5. The molecule has 3 aliphatic rings. The Morgan fingerprint density at radius 2 is 1.62 bits per heavy atom. The van der Waals surface area contributed by atoms with Crippen molar-refractivity contribution in [3.63, 3.8) is 0 Å². The summed E-state index contributed by atoms with van der Waals surface area (Å²) in [7, 11) is 0. The Morgan fingerprint density at radius 1 is 0.974 bits per heavy atom. The van der Waals surface area contributed by atoms with Gasteiger partial charge >= 0.3 is 0 Å². The van der Waals surface area contributed by atoms with Crippen molar-refractivity contribution in [3.05, 3.63) is 100 Å². The summed E-state index contributed by atoms with van der Waals surface area (Å²) in [5.41, 5.74) is 0.827. The average Bonchev–Trinajstić information content (AvgIpc) is 3.34. The molecule has 1 spiro atoms. The van der Waals surface area contributed by atoms with Gasteiger partial charge in [-0.25, -0.2) is 0 Å². The minimum Gasteiger partial charge on any atom is -0.494 e. The highest BCUT2D eigenvalue weighted by Gasteiger charge is 2.72. The van der Waals surface area contributed by atoms with E-state index in [1.165, 1.54) is 0 Å². The number of hydrogen-bond donors (Lipinski definition) is 0. The summed E-state index contributed by atoms with van der Waals surface area (Å²) in [6, 6.07) is 18.6. The van der Waals surface area contributed by atoms with Crippen molar-refractivity contribution in [2.45, 2.75) is 45.7 Å². The first kappa shape index (κ1) is 25.6. The second-order valence-corrected chi connectivity index (χ2v) is 11.9. The quantitative estimate of drug-likeness (QED) is 0.342. The Bertz CT molecular complexity index is 1530. The molecule has 0 bridgehead atoms. The first-order valence-corrected chi connectivity index (χ1v) is 13.7. The largest absolute Gasteiger partial charge is 0.494 e. The van der Waals surface area contributed by atoms with Crippen LogP contribution in [0.4, 0.5) is 5.69 Å². The van der Waals surface area contributed by atoms with Gasteiger partial charge < -0.3 is 9.64 Å². The van der Waals surface area contributed by atoms with E-state index in [-0.39, 0.29) is 17.3 Å². The maximum Gasteiger partial charge on any atom is 0.180 e. The van der Waals surface area contributed by atoms with Crippen molar-refractivity contribution in [2.75, 3.05) is 11.5 Å². The number of ketones is 3. The van der Waals surface area contributed by atoms with E-state index < -0.39 is 28.8 Å². The van der Waals surface area contributed by atoms with Crippen LogP contribution in [0.1, 0.15) is 65.5 Å². The van der Waals surface area contributed by atoms with Gasteiger partial charge in [0, 0.05) is 38.7 Å². The van der Waals surface area contributed by atoms with E-state index in [2.05, 4.69) is 0 Å². The van der Waals surface area contributed by atoms with Gasteiger partial charge in [0.1, 0.15) is 11.2 Å². The van der Waals surface area contributed by atoms with Crippen LogP contribution in [0.15, 0.2) is 72.8 Å². The summed E-state index contributed by atoms with van der Waals surface area (Å²) in [4.78, 5) is 45.9. The molecule has 1 fully saturated rings. The summed E-state index contributed by atoms with van der Waals surface area (Å²) in [6.45, 7) is 7.96. The first-order chi connectivity index (χ1) is 18.6. The number of Topliss-reactive ketones (excluding diaryl/α,β-unsaturated/α-hetero) is 3. The smallest absolute Gasteiger partial charge is 0.180 e. The SMILES string of the molecule is CCOc1ccccc1[C@H]1[C@H](C(=O)C(C)(C)C)N2c3ccc(Cl)cc3C=C[C@@H]2C12C(=O)c1ccccc1C2=O. The van der Waals surface area contributed by atoms with Crippen LogP contribution in [-0.4, -0.2) is 36.0 Å². The molecule has 5 nitrogen and oxygen atoms in total. The van der Waals surface area contributed by atoms with Gasteiger partial charge in [-0.3, -0.25) is 14.4 Å². The van der Waals surface area contributed by atoms with E-state index in [1.807, 2.05) is 81.1 Å². The molecule has 0 amide bonds. The van der Waals surface area contributed by atoms with Crippen LogP contribution < -0.4 is 9.64 Å². The monoisotopic (exact) mass is 539 g/mol. The fourth-order valence-corrected chi connectivity index (χ4v) is 6.94. The summed E-state index contributed by atoms with van der Waals surface area (Å²) in [6.07, 6.45) is 3.83. The predicted octanol–water partition coefficient (Wildman–Crippen LogP) is 6.79. The number of carbonyl (C=O) groups is 3. The van der Waals surface area contributed by atoms with Gasteiger partial charge in [0.05, 0.1) is 18.7 Å². The van der Waals surface area contributed by atoms with E-state index in [0.717, 1.165) is 11.3 Å². The second-order valence-electron chi connectivity index (χ2n) is 11.5. The molecule has 0 aromatic heterocycles. The molecule has 198 valence electrons. The zero-order chi connectivity index (χ0) is 27.7. The predicted molar refractivity (Wildman–Crippen MR) is 153 cm³/mol. The maximum absolute atomic E-state index is 14.7. The minimum atomic E-state index is -1.55. The normalized spacial score (nSPS) is 22.6. The van der Waals surface area contributed by atoms with Gasteiger partial charge in [-0.05, 0) is 36.8 Å². The summed E-state index contributed by atoms with van der Waals surface area (Å²) >= 11 is 6.35. The van der Waals surface area contributed by atoms with Crippen LogP contribution in [0.3, 0.4) is 0 Å². The number of benzene rings is 3. The summed E-state index contributed by atoms with van der Waals surface area (Å²) < 4.78 is 6.06. The number of anilines is 1. The van der Waals surface area contributed by atoms with E-state index in [1.54, 1.807) is 30.3 Å². The number of fused-ring (bicyclic) bond motifs is 5. The number of para-hydroxylation sites is 1. The zero-order valence-electron chi connectivity index (χ0n) is 22.4. The van der Waals surface area contributed by atoms with Crippen LogP contribution in [0.2, 0.25) is 5.02 Å². The molecule has 0 unspecified atom stereocenters. The Hall–Kier alpha value is -3.70. The van der Waals surface area contributed by atoms with Gasteiger partial charge in [-0.15, -0.1) is 0 Å². The maximum atomic E-state index is 14.7. The molecule has 0 radical (unpaired) electrons. The lowest BCUT2D eigenvalue weighted by molar-refractivity contribution is -0.127. The topological polar surface area (TPSA) is 63.7 Å². The molecule has 0 N–H and O–H groups in total. The van der Waals surface area contributed by atoms with Crippen molar-refractivity contribution in [1.29, 1.82) is 0 Å². The highest BCUT2D eigenvalue weighted by molar-refractivity contribution is 6.32. The van der Waals surface area contributed by atoms with Crippen LogP contribution in [-0.2, 0) is 4.79 Å². The molecule has 2 heterocycles. The number of nitrogens with zero attached hydrogens (tertiary/aromatic N) is 1. The molecule has 2 aliphatic heterocycles. The summed E-state index contributed by atoms with van der Waals surface area (Å²) in [5, 5.41) is 0.572. The van der Waals surface area contributed by atoms with Gasteiger partial charge in [-0.1, -0.05) is 87.0 Å². The van der Waals surface area contributed by atoms with E-state index in [4.69, 9.17) is 16.3 Å². The lowest BCUT2D eigenvalue weighted by atomic mass is 9.63. The minimum absolute atomic E-state index is 0.0477. The summed E-state index contributed by atoms with van der Waals surface area (Å²) in [5.74, 6) is -0.752. The van der Waals surface area contributed by atoms with Gasteiger partial charge in [0.2, 0.25) is 0 Å². The number of halogens is 1. The van der Waals surface area contributed by atoms with Crippen molar-refractivity contribution >= 4 is 40.7 Å². The van der Waals surface area contributed by atoms with Crippen molar-refractivity contribution in [3.8, 4) is 5.75 Å². The average molecular weight is 540 g/mol. The molecule has 0 saturated carbocycles. The van der Waals surface area contributed by atoms with Crippen molar-refractivity contribution < 1.29 is 19.1 Å². The van der Waals surface area contributed by atoms with Crippen LogP contribution >= 0.6 is 11.6 Å². The molecule has 3 aromatic rings. The van der Waals surface area contributed by atoms with Gasteiger partial charge in [0.25, 0.3) is 0 Å². The molecule has 6 rings (SSSR count). The molecular formula is C33H30ClNO4. The third kappa shape index (κ3) is 3.49. The Balaban J connectivity index is 1.72. The zero-order valence-corrected chi connectivity index (χ0v) is 23.2. The van der Waals surface area contributed by atoms with Gasteiger partial charge in [0.15, 0.2) is 17.3 Å². The first-order valence-electron chi connectivity index (χ1n) is 13.3. The van der Waals surface area contributed by atoms with Crippen LogP contribution in [0.5, 0.6) is 5.75 Å².